The summed E-state index contributed by atoms with van der Waals surface area (Å²) in [5.74, 6) is -0.0150. The third-order valence-electron chi connectivity index (χ3n) is 3.55. The van der Waals surface area contributed by atoms with Gasteiger partial charge < -0.3 is 15.4 Å². The van der Waals surface area contributed by atoms with Gasteiger partial charge in [-0.3, -0.25) is 4.79 Å². The van der Waals surface area contributed by atoms with Crippen LogP contribution in [0.1, 0.15) is 12.5 Å². The van der Waals surface area contributed by atoms with Gasteiger partial charge in [-0.15, -0.1) is 0 Å². The normalized spacial score (nSPS) is 10.7. The Labute approximate surface area is 151 Å². The van der Waals surface area contributed by atoms with E-state index < -0.39 is 5.91 Å². The van der Waals surface area contributed by atoms with Gasteiger partial charge in [-0.1, -0.05) is 36.7 Å². The Morgan fingerprint density at radius 2 is 2.08 bits per heavy atom. The van der Waals surface area contributed by atoms with Crippen LogP contribution in [0.15, 0.2) is 54.2 Å². The molecule has 5 nitrogen and oxygen atoms in total. The Bertz CT molecular complexity index is 841. The van der Waals surface area contributed by atoms with Gasteiger partial charge in [0.25, 0.3) is 5.91 Å². The summed E-state index contributed by atoms with van der Waals surface area (Å²) in [6, 6.07) is 14.5. The number of aryl methyl sites for hydroxylation is 1. The second-order valence-corrected chi connectivity index (χ2v) is 5.54. The molecule has 0 unspecified atom stereocenters. The van der Waals surface area contributed by atoms with Crippen molar-refractivity contribution >= 4 is 28.9 Å². The summed E-state index contributed by atoms with van der Waals surface area (Å²) >= 11 is 6.03. The molecule has 0 saturated heterocycles. The van der Waals surface area contributed by atoms with Gasteiger partial charge in [0.15, 0.2) is 0 Å². The first-order valence-corrected chi connectivity index (χ1v) is 8.06. The van der Waals surface area contributed by atoms with Crippen molar-refractivity contribution in [2.45, 2.75) is 13.3 Å². The molecule has 2 aromatic carbocycles. The number of nitrogens with zero attached hydrogens (tertiary/aromatic N) is 1. The summed E-state index contributed by atoms with van der Waals surface area (Å²) in [4.78, 5) is 12.3. The zero-order chi connectivity index (χ0) is 18.2. The van der Waals surface area contributed by atoms with Crippen LogP contribution in [0.25, 0.3) is 0 Å². The number of rotatable bonds is 6. The zero-order valence-electron chi connectivity index (χ0n) is 14.0. The van der Waals surface area contributed by atoms with Crippen molar-refractivity contribution in [3.63, 3.8) is 0 Å². The van der Waals surface area contributed by atoms with Crippen LogP contribution in [-0.2, 0) is 11.2 Å². The number of hydrogen-bond donors (Lipinski definition) is 2. The number of nitrogens with one attached hydrogen (secondary N) is 2. The predicted octanol–water partition coefficient (Wildman–Crippen LogP) is 4.37. The smallest absolute Gasteiger partial charge is 0.267 e. The molecule has 0 aromatic heterocycles. The molecule has 2 N–H and O–H groups in total. The van der Waals surface area contributed by atoms with Crippen molar-refractivity contribution in [1.82, 2.24) is 0 Å². The molecule has 6 heteroatoms. The molecule has 128 valence electrons. The minimum Gasteiger partial charge on any atom is -0.495 e. The maximum Gasteiger partial charge on any atom is 0.267 e. The largest absolute Gasteiger partial charge is 0.495 e. The number of methoxy groups -OCH3 is 1. The molecule has 2 rings (SSSR count). The van der Waals surface area contributed by atoms with Crippen LogP contribution in [0.2, 0.25) is 5.02 Å². The first kappa shape index (κ1) is 18.4. The summed E-state index contributed by atoms with van der Waals surface area (Å²) in [5.41, 5.74) is 2.39. The van der Waals surface area contributed by atoms with Crippen LogP contribution >= 0.6 is 11.6 Å². The molecule has 2 aromatic rings. The lowest BCUT2D eigenvalue weighted by Gasteiger charge is -2.09. The lowest BCUT2D eigenvalue weighted by atomic mass is 10.1. The third-order valence-corrected chi connectivity index (χ3v) is 3.84. The highest BCUT2D eigenvalue weighted by molar-refractivity contribution is 6.32. The van der Waals surface area contributed by atoms with E-state index in [2.05, 4.69) is 10.6 Å². The second-order valence-electron chi connectivity index (χ2n) is 5.13. The van der Waals surface area contributed by atoms with E-state index in [1.807, 2.05) is 37.3 Å². The van der Waals surface area contributed by atoms with E-state index in [-0.39, 0.29) is 5.57 Å². The SMILES string of the molecule is CCc1ccccc1N/C=C(/C#N)C(=O)Nc1ccc(OC)c(Cl)c1. The number of hydrogen-bond acceptors (Lipinski definition) is 4. The Morgan fingerprint density at radius 1 is 1.32 bits per heavy atom. The zero-order valence-corrected chi connectivity index (χ0v) is 14.7. The fourth-order valence-corrected chi connectivity index (χ4v) is 2.47. The Morgan fingerprint density at radius 3 is 2.72 bits per heavy atom. The molecule has 0 aliphatic carbocycles. The quantitative estimate of drug-likeness (QED) is 0.596. The molecule has 0 heterocycles. The number of carbonyl (C=O) groups excluding carboxylic acids is 1. The van der Waals surface area contributed by atoms with Gasteiger partial charge in [0.1, 0.15) is 17.4 Å². The summed E-state index contributed by atoms with van der Waals surface area (Å²) in [6.07, 6.45) is 2.24. The molecule has 0 saturated carbocycles. The van der Waals surface area contributed by atoms with Crippen LogP contribution in [-0.4, -0.2) is 13.0 Å². The van der Waals surface area contributed by atoms with Gasteiger partial charge in [-0.05, 0) is 36.2 Å². The Balaban J connectivity index is 2.13. The van der Waals surface area contributed by atoms with Gasteiger partial charge in [0.05, 0.1) is 12.1 Å². The van der Waals surface area contributed by atoms with Gasteiger partial charge in [-0.2, -0.15) is 5.26 Å². The maximum absolute atomic E-state index is 12.3. The van der Waals surface area contributed by atoms with E-state index in [1.54, 1.807) is 18.2 Å². The van der Waals surface area contributed by atoms with Gasteiger partial charge in [0, 0.05) is 17.6 Å². The molecule has 0 fully saturated rings. The van der Waals surface area contributed by atoms with E-state index in [0.29, 0.717) is 16.5 Å². The molecule has 1 amide bonds. The van der Waals surface area contributed by atoms with E-state index in [1.165, 1.54) is 13.3 Å². The van der Waals surface area contributed by atoms with Crippen molar-refractivity contribution in [1.29, 1.82) is 5.26 Å². The van der Waals surface area contributed by atoms with Crippen LogP contribution in [0.3, 0.4) is 0 Å². The van der Waals surface area contributed by atoms with Gasteiger partial charge in [0.2, 0.25) is 0 Å². The number of para-hydroxylation sites is 1. The van der Waals surface area contributed by atoms with E-state index in [4.69, 9.17) is 16.3 Å². The van der Waals surface area contributed by atoms with Crippen LogP contribution < -0.4 is 15.4 Å². The molecule has 25 heavy (non-hydrogen) atoms. The average Bonchev–Trinajstić information content (AvgIpc) is 2.62. The minimum atomic E-state index is -0.523. The highest BCUT2D eigenvalue weighted by Crippen LogP contribution is 2.27. The number of ether oxygens (including phenoxy) is 1. The molecule has 0 atom stereocenters. The minimum absolute atomic E-state index is 0.0437. The molecular formula is C19H18ClN3O2. The van der Waals surface area contributed by atoms with Crippen LogP contribution in [0, 0.1) is 11.3 Å². The van der Waals surface area contributed by atoms with Gasteiger partial charge in [-0.25, -0.2) is 0 Å². The fraction of sp³-hybridized carbons (Fsp3) is 0.158. The monoisotopic (exact) mass is 355 g/mol. The number of halogens is 1. The number of amides is 1. The van der Waals surface area contributed by atoms with E-state index in [0.717, 1.165) is 17.7 Å². The molecule has 0 radical (unpaired) electrons. The maximum atomic E-state index is 12.3. The second kappa shape index (κ2) is 8.76. The van der Waals surface area contributed by atoms with Crippen molar-refractivity contribution in [2.75, 3.05) is 17.7 Å². The van der Waals surface area contributed by atoms with Crippen LogP contribution in [0.5, 0.6) is 5.75 Å². The molecule has 0 aliphatic heterocycles. The lowest BCUT2D eigenvalue weighted by Crippen LogP contribution is -2.14. The molecular weight excluding hydrogens is 338 g/mol. The highest BCUT2D eigenvalue weighted by atomic mass is 35.5. The predicted molar refractivity (Wildman–Crippen MR) is 99.8 cm³/mol. The first-order chi connectivity index (χ1) is 12.1. The number of nitriles is 1. The van der Waals surface area contributed by atoms with E-state index in [9.17, 15) is 10.1 Å². The van der Waals surface area contributed by atoms with Gasteiger partial charge >= 0.3 is 0 Å². The molecule has 0 spiro atoms. The number of carbonyl (C=O) groups is 1. The van der Waals surface area contributed by atoms with Crippen molar-refractivity contribution in [2.24, 2.45) is 0 Å². The van der Waals surface area contributed by atoms with E-state index >= 15 is 0 Å². The van der Waals surface area contributed by atoms with Crippen molar-refractivity contribution < 1.29 is 9.53 Å². The number of anilines is 2. The molecule has 0 aliphatic rings. The summed E-state index contributed by atoms with van der Waals surface area (Å²) in [6.45, 7) is 2.04. The highest BCUT2D eigenvalue weighted by Gasteiger charge is 2.11. The standard InChI is InChI=1S/C19H18ClN3O2/c1-3-13-6-4-5-7-17(13)22-12-14(11-21)19(24)23-15-8-9-18(25-2)16(20)10-15/h4-10,12,22H,3H2,1-2H3,(H,23,24)/b14-12-. The summed E-state index contributed by atoms with van der Waals surface area (Å²) in [7, 11) is 1.51. The fourth-order valence-electron chi connectivity index (χ4n) is 2.21. The summed E-state index contributed by atoms with van der Waals surface area (Å²) < 4.78 is 5.06. The van der Waals surface area contributed by atoms with Crippen molar-refractivity contribution in [3.05, 3.63) is 64.8 Å². The Hall–Kier alpha value is -2.97. The molecule has 0 bridgehead atoms. The van der Waals surface area contributed by atoms with Crippen molar-refractivity contribution in [3.8, 4) is 11.8 Å². The number of benzene rings is 2. The third kappa shape index (κ3) is 4.75. The topological polar surface area (TPSA) is 74.2 Å². The lowest BCUT2D eigenvalue weighted by molar-refractivity contribution is -0.112. The van der Waals surface area contributed by atoms with Crippen LogP contribution in [0.4, 0.5) is 11.4 Å². The Kier molecular flexibility index (Phi) is 6.44. The first-order valence-electron chi connectivity index (χ1n) is 7.68. The summed E-state index contributed by atoms with van der Waals surface area (Å²) in [5, 5.41) is 15.3. The average molecular weight is 356 g/mol.